The van der Waals surface area contributed by atoms with Crippen molar-refractivity contribution in [3.8, 4) is 0 Å². The van der Waals surface area contributed by atoms with Crippen LogP contribution in [0.1, 0.15) is 73.1 Å². The number of allylic oxidation sites excluding steroid dienone is 2. The zero-order chi connectivity index (χ0) is 15.3. The molecule has 0 saturated carbocycles. The van der Waals surface area contributed by atoms with E-state index in [0.29, 0.717) is 10.8 Å². The van der Waals surface area contributed by atoms with Crippen molar-refractivity contribution in [3.05, 3.63) is 11.1 Å². The van der Waals surface area contributed by atoms with Crippen molar-refractivity contribution < 1.29 is 4.74 Å². The molecule has 21 heavy (non-hydrogen) atoms. The Morgan fingerprint density at radius 2 is 1.95 bits per heavy atom. The van der Waals surface area contributed by atoms with Gasteiger partial charge in [0.2, 0.25) is 0 Å². The fourth-order valence-electron chi connectivity index (χ4n) is 4.88. The summed E-state index contributed by atoms with van der Waals surface area (Å²) in [6.45, 7) is 14.0. The predicted molar refractivity (Wildman–Crippen MR) is 88.1 cm³/mol. The molecule has 1 heterocycles. The lowest BCUT2D eigenvalue weighted by atomic mass is 9.57. The second kappa shape index (κ2) is 5.09. The van der Waals surface area contributed by atoms with E-state index in [1.807, 2.05) is 0 Å². The van der Waals surface area contributed by atoms with Crippen LogP contribution in [0.15, 0.2) is 11.1 Å². The zero-order valence-electron chi connectivity index (χ0n) is 14.6. The Bertz CT molecular complexity index is 440. The Kier molecular flexibility index (Phi) is 3.77. The number of rotatable bonds is 2. The van der Waals surface area contributed by atoms with E-state index < -0.39 is 0 Å². The summed E-state index contributed by atoms with van der Waals surface area (Å²) in [4.78, 5) is 0. The van der Waals surface area contributed by atoms with Crippen molar-refractivity contribution in [3.63, 3.8) is 0 Å². The molecule has 0 aromatic rings. The van der Waals surface area contributed by atoms with Gasteiger partial charge >= 0.3 is 0 Å². The molecule has 0 radical (unpaired) electrons. The minimum Gasteiger partial charge on any atom is -0.360 e. The molecule has 120 valence electrons. The smallest absolute Gasteiger partial charge is 0.116 e. The SMILES string of the molecule is CC1(C)CCCC2=C1CC(C)(C)[C@H](C[C@@]1(C)NCCO1)C2. The predicted octanol–water partition coefficient (Wildman–Crippen LogP) is 4.66. The summed E-state index contributed by atoms with van der Waals surface area (Å²) < 4.78 is 5.99. The standard InChI is InChI=1S/C19H33NO/c1-17(2)8-6-7-14-11-15(18(3,4)13-16(14)17)12-19(5)20-9-10-21-19/h15,20H,6-13H2,1-5H3/t15-,19-/m0/s1. The topological polar surface area (TPSA) is 21.3 Å². The molecular weight excluding hydrogens is 258 g/mol. The third-order valence-corrected chi connectivity index (χ3v) is 6.41. The van der Waals surface area contributed by atoms with E-state index in [4.69, 9.17) is 4.74 Å². The Morgan fingerprint density at radius 1 is 1.19 bits per heavy atom. The van der Waals surface area contributed by atoms with Gasteiger partial charge in [-0.2, -0.15) is 0 Å². The number of ether oxygens (including phenoxy) is 1. The lowest BCUT2D eigenvalue weighted by Gasteiger charge is -2.49. The van der Waals surface area contributed by atoms with E-state index in [9.17, 15) is 0 Å². The minimum absolute atomic E-state index is 0.0931. The molecule has 0 spiro atoms. The van der Waals surface area contributed by atoms with Crippen LogP contribution in [0.5, 0.6) is 0 Å². The quantitative estimate of drug-likeness (QED) is 0.747. The molecule has 1 N–H and O–H groups in total. The summed E-state index contributed by atoms with van der Waals surface area (Å²) >= 11 is 0. The Hall–Kier alpha value is -0.340. The molecule has 2 nitrogen and oxygen atoms in total. The first-order valence-corrected chi connectivity index (χ1v) is 8.82. The van der Waals surface area contributed by atoms with E-state index in [0.717, 1.165) is 25.5 Å². The summed E-state index contributed by atoms with van der Waals surface area (Å²) in [5.41, 5.74) is 4.31. The summed E-state index contributed by atoms with van der Waals surface area (Å²) in [6, 6.07) is 0. The maximum absolute atomic E-state index is 5.99. The van der Waals surface area contributed by atoms with Crippen molar-refractivity contribution in [2.24, 2.45) is 16.7 Å². The lowest BCUT2D eigenvalue weighted by Crippen LogP contribution is -2.44. The Labute approximate surface area is 130 Å². The highest BCUT2D eigenvalue weighted by Crippen LogP contribution is 2.55. The molecule has 3 rings (SSSR count). The Morgan fingerprint density at radius 3 is 2.62 bits per heavy atom. The van der Waals surface area contributed by atoms with E-state index in [2.05, 4.69) is 39.9 Å². The first-order valence-electron chi connectivity index (χ1n) is 8.82. The minimum atomic E-state index is -0.0931. The van der Waals surface area contributed by atoms with Gasteiger partial charge in [0.15, 0.2) is 0 Å². The zero-order valence-corrected chi connectivity index (χ0v) is 14.6. The van der Waals surface area contributed by atoms with Crippen LogP contribution in [0, 0.1) is 16.7 Å². The van der Waals surface area contributed by atoms with Crippen molar-refractivity contribution >= 4 is 0 Å². The molecule has 0 aromatic heterocycles. The van der Waals surface area contributed by atoms with Gasteiger partial charge < -0.3 is 4.74 Å². The second-order valence-electron chi connectivity index (χ2n) is 9.10. The molecule has 0 unspecified atom stereocenters. The first-order chi connectivity index (χ1) is 9.72. The van der Waals surface area contributed by atoms with Gasteiger partial charge in [-0.05, 0) is 62.2 Å². The van der Waals surface area contributed by atoms with Crippen LogP contribution in [0.4, 0.5) is 0 Å². The number of nitrogens with one attached hydrogen (secondary N) is 1. The molecule has 1 aliphatic heterocycles. The van der Waals surface area contributed by atoms with E-state index >= 15 is 0 Å². The molecule has 2 heteroatoms. The normalized spacial score (nSPS) is 38.4. The molecule has 1 fully saturated rings. The number of hydrogen-bond acceptors (Lipinski definition) is 2. The van der Waals surface area contributed by atoms with Crippen molar-refractivity contribution in [1.29, 1.82) is 0 Å². The first kappa shape index (κ1) is 15.6. The van der Waals surface area contributed by atoms with Crippen LogP contribution in [0.3, 0.4) is 0 Å². The second-order valence-corrected chi connectivity index (χ2v) is 9.10. The molecule has 0 amide bonds. The van der Waals surface area contributed by atoms with Crippen LogP contribution < -0.4 is 5.32 Å². The lowest BCUT2D eigenvalue weighted by molar-refractivity contribution is -0.0325. The summed E-state index contributed by atoms with van der Waals surface area (Å²) in [5, 5.41) is 3.57. The van der Waals surface area contributed by atoms with Gasteiger partial charge in [-0.25, -0.2) is 0 Å². The van der Waals surface area contributed by atoms with E-state index in [1.165, 1.54) is 32.1 Å². The van der Waals surface area contributed by atoms with Crippen LogP contribution in [0.2, 0.25) is 0 Å². The van der Waals surface area contributed by atoms with E-state index in [1.54, 1.807) is 11.1 Å². The fourth-order valence-corrected chi connectivity index (χ4v) is 4.88. The van der Waals surface area contributed by atoms with Gasteiger partial charge in [0, 0.05) is 6.54 Å². The summed E-state index contributed by atoms with van der Waals surface area (Å²) in [6.07, 6.45) is 7.83. The van der Waals surface area contributed by atoms with Crippen molar-refractivity contribution in [2.45, 2.75) is 78.9 Å². The van der Waals surface area contributed by atoms with E-state index in [-0.39, 0.29) is 5.72 Å². The summed E-state index contributed by atoms with van der Waals surface area (Å²) in [5.74, 6) is 0.737. The largest absolute Gasteiger partial charge is 0.360 e. The molecule has 0 bridgehead atoms. The average Bonchev–Trinajstić information content (AvgIpc) is 2.78. The maximum atomic E-state index is 5.99. The van der Waals surface area contributed by atoms with Gasteiger partial charge in [-0.3, -0.25) is 5.32 Å². The monoisotopic (exact) mass is 291 g/mol. The number of hydrogen-bond donors (Lipinski definition) is 1. The highest BCUT2D eigenvalue weighted by atomic mass is 16.5. The van der Waals surface area contributed by atoms with Crippen LogP contribution in [0.25, 0.3) is 0 Å². The molecule has 2 atom stereocenters. The third kappa shape index (κ3) is 2.94. The molecule has 2 aliphatic carbocycles. The average molecular weight is 291 g/mol. The summed E-state index contributed by atoms with van der Waals surface area (Å²) in [7, 11) is 0. The van der Waals surface area contributed by atoms with Crippen LogP contribution in [-0.2, 0) is 4.74 Å². The van der Waals surface area contributed by atoms with Crippen molar-refractivity contribution in [1.82, 2.24) is 5.32 Å². The highest BCUT2D eigenvalue weighted by molar-refractivity contribution is 5.29. The van der Waals surface area contributed by atoms with Gasteiger partial charge in [-0.1, -0.05) is 38.8 Å². The van der Waals surface area contributed by atoms with Crippen LogP contribution in [-0.4, -0.2) is 18.9 Å². The van der Waals surface area contributed by atoms with Crippen molar-refractivity contribution in [2.75, 3.05) is 13.2 Å². The third-order valence-electron chi connectivity index (χ3n) is 6.41. The molecule has 1 saturated heterocycles. The van der Waals surface area contributed by atoms with Gasteiger partial charge in [-0.15, -0.1) is 0 Å². The van der Waals surface area contributed by atoms with Gasteiger partial charge in [0.25, 0.3) is 0 Å². The molecular formula is C19H33NO. The highest BCUT2D eigenvalue weighted by Gasteiger charge is 2.45. The van der Waals surface area contributed by atoms with Gasteiger partial charge in [0.1, 0.15) is 5.72 Å². The van der Waals surface area contributed by atoms with Gasteiger partial charge in [0.05, 0.1) is 6.61 Å². The fraction of sp³-hybridized carbons (Fsp3) is 0.895. The van der Waals surface area contributed by atoms with Crippen LogP contribution >= 0.6 is 0 Å². The maximum Gasteiger partial charge on any atom is 0.116 e. The Balaban J connectivity index is 1.82. The molecule has 0 aromatic carbocycles. The molecule has 3 aliphatic rings.